The quantitative estimate of drug-likeness (QED) is 0.486. The molecule has 0 radical (unpaired) electrons. The first-order valence-corrected chi connectivity index (χ1v) is 11.1. The molecule has 0 amide bonds. The zero-order chi connectivity index (χ0) is 21.3. The lowest BCUT2D eigenvalue weighted by Crippen LogP contribution is -2.14. The van der Waals surface area contributed by atoms with E-state index in [1.807, 2.05) is 42.5 Å². The molecule has 0 saturated carbocycles. The fourth-order valence-electron chi connectivity index (χ4n) is 3.32. The van der Waals surface area contributed by atoms with Crippen LogP contribution in [0.1, 0.15) is 17.0 Å². The van der Waals surface area contributed by atoms with Gasteiger partial charge in [0.1, 0.15) is 4.90 Å². The van der Waals surface area contributed by atoms with Gasteiger partial charge in [-0.3, -0.25) is 9.40 Å². The van der Waals surface area contributed by atoms with E-state index in [4.69, 9.17) is 11.6 Å². The zero-order valence-electron chi connectivity index (χ0n) is 16.4. The Morgan fingerprint density at radius 3 is 2.43 bits per heavy atom. The summed E-state index contributed by atoms with van der Waals surface area (Å²) in [5, 5.41) is 9.33. The molecule has 2 heterocycles. The number of nitrogens with zero attached hydrogens (tertiary/aromatic N) is 4. The van der Waals surface area contributed by atoms with E-state index in [9.17, 15) is 8.42 Å². The molecule has 154 valence electrons. The fourth-order valence-corrected chi connectivity index (χ4v) is 4.87. The lowest BCUT2D eigenvalue weighted by molar-refractivity contribution is 0.600. The van der Waals surface area contributed by atoms with Crippen LogP contribution in [0.5, 0.6) is 0 Å². The third-order valence-corrected chi connectivity index (χ3v) is 6.52. The van der Waals surface area contributed by atoms with E-state index < -0.39 is 10.0 Å². The Bertz CT molecular complexity index is 1280. The van der Waals surface area contributed by atoms with Crippen molar-refractivity contribution in [1.29, 1.82) is 0 Å². The number of aryl methyl sites for hydroxylation is 1. The molecule has 0 fully saturated rings. The van der Waals surface area contributed by atoms with Gasteiger partial charge in [-0.25, -0.2) is 13.1 Å². The second-order valence-electron chi connectivity index (χ2n) is 6.91. The predicted octanol–water partition coefficient (Wildman–Crippen LogP) is 4.19. The summed E-state index contributed by atoms with van der Waals surface area (Å²) in [4.78, 5) is 0.164. The second-order valence-corrected chi connectivity index (χ2v) is 8.96. The standard InChI is InChI=1S/C21H20ClN5O2S/c1-15-21(16(2)27(24-15)20-6-4-3-5-7-20)30(28,29)25-19-12-23-26(14-19)13-17-8-10-18(22)11-9-17/h3-12,14,25H,13H2,1-2H3. The Balaban J connectivity index is 1.58. The van der Waals surface area contributed by atoms with Crippen LogP contribution in [0.3, 0.4) is 0 Å². The molecule has 0 bridgehead atoms. The summed E-state index contributed by atoms with van der Waals surface area (Å²) in [6, 6.07) is 16.8. The molecule has 0 aliphatic heterocycles. The number of para-hydroxylation sites is 1. The van der Waals surface area contributed by atoms with Crippen LogP contribution in [-0.2, 0) is 16.6 Å². The van der Waals surface area contributed by atoms with E-state index >= 15 is 0 Å². The first kappa shape index (κ1) is 20.2. The third-order valence-electron chi connectivity index (χ3n) is 4.64. The summed E-state index contributed by atoms with van der Waals surface area (Å²) in [6.07, 6.45) is 3.14. The van der Waals surface area contributed by atoms with Crippen molar-refractivity contribution in [2.45, 2.75) is 25.3 Å². The van der Waals surface area contributed by atoms with E-state index in [1.165, 1.54) is 6.20 Å². The summed E-state index contributed by atoms with van der Waals surface area (Å²) in [7, 11) is -3.83. The molecule has 1 N–H and O–H groups in total. The maximum absolute atomic E-state index is 13.1. The van der Waals surface area contributed by atoms with Crippen LogP contribution >= 0.6 is 11.6 Å². The van der Waals surface area contributed by atoms with Crippen molar-refractivity contribution in [2.24, 2.45) is 0 Å². The normalized spacial score (nSPS) is 11.6. The van der Waals surface area contributed by atoms with Crippen LogP contribution in [0.4, 0.5) is 5.69 Å². The summed E-state index contributed by atoms with van der Waals surface area (Å²) in [5.74, 6) is 0. The minimum atomic E-state index is -3.83. The van der Waals surface area contributed by atoms with Gasteiger partial charge in [0.15, 0.2) is 0 Å². The molecule has 2 aromatic heterocycles. The minimum absolute atomic E-state index is 0.164. The van der Waals surface area contributed by atoms with Crippen molar-refractivity contribution in [3.63, 3.8) is 0 Å². The van der Waals surface area contributed by atoms with Crippen molar-refractivity contribution in [2.75, 3.05) is 4.72 Å². The Morgan fingerprint density at radius 2 is 1.73 bits per heavy atom. The van der Waals surface area contributed by atoms with E-state index in [-0.39, 0.29) is 4.90 Å². The van der Waals surface area contributed by atoms with Crippen LogP contribution in [0.2, 0.25) is 5.02 Å². The Labute approximate surface area is 180 Å². The van der Waals surface area contributed by atoms with Crippen molar-refractivity contribution in [3.8, 4) is 5.69 Å². The van der Waals surface area contributed by atoms with Crippen LogP contribution in [0, 0.1) is 13.8 Å². The summed E-state index contributed by atoms with van der Waals surface area (Å²) in [5.41, 5.74) is 3.16. The number of hydrogen-bond donors (Lipinski definition) is 1. The van der Waals surface area contributed by atoms with Gasteiger partial charge >= 0.3 is 0 Å². The maximum Gasteiger partial charge on any atom is 0.265 e. The Morgan fingerprint density at radius 1 is 1.03 bits per heavy atom. The van der Waals surface area contributed by atoms with Gasteiger partial charge in [0.25, 0.3) is 10.0 Å². The second kappa shape index (κ2) is 7.97. The topological polar surface area (TPSA) is 81.8 Å². The number of hydrogen-bond acceptors (Lipinski definition) is 4. The molecule has 0 aliphatic rings. The van der Waals surface area contributed by atoms with E-state index in [1.54, 1.807) is 41.5 Å². The lowest BCUT2D eigenvalue weighted by atomic mass is 10.2. The minimum Gasteiger partial charge on any atom is -0.276 e. The molecule has 0 unspecified atom stereocenters. The smallest absolute Gasteiger partial charge is 0.265 e. The lowest BCUT2D eigenvalue weighted by Gasteiger charge is -2.07. The number of anilines is 1. The molecular formula is C21H20ClN5O2S. The first-order valence-electron chi connectivity index (χ1n) is 9.25. The van der Waals surface area contributed by atoms with Gasteiger partial charge in [-0.2, -0.15) is 10.2 Å². The van der Waals surface area contributed by atoms with E-state index in [0.29, 0.717) is 28.6 Å². The number of aromatic nitrogens is 4. The largest absolute Gasteiger partial charge is 0.276 e. The van der Waals surface area contributed by atoms with Gasteiger partial charge < -0.3 is 0 Å². The Hall–Kier alpha value is -3.10. The molecular weight excluding hydrogens is 422 g/mol. The van der Waals surface area contributed by atoms with Crippen LogP contribution < -0.4 is 4.72 Å². The zero-order valence-corrected chi connectivity index (χ0v) is 18.0. The van der Waals surface area contributed by atoms with Crippen LogP contribution in [0.25, 0.3) is 5.69 Å². The molecule has 7 nitrogen and oxygen atoms in total. The van der Waals surface area contributed by atoms with E-state index in [2.05, 4.69) is 14.9 Å². The molecule has 9 heteroatoms. The average Bonchev–Trinajstić information content (AvgIpc) is 3.27. The SMILES string of the molecule is Cc1nn(-c2ccccc2)c(C)c1S(=O)(=O)Nc1cnn(Cc2ccc(Cl)cc2)c1. The highest BCUT2D eigenvalue weighted by Gasteiger charge is 2.25. The van der Waals surface area contributed by atoms with Crippen LogP contribution in [-0.4, -0.2) is 28.0 Å². The number of nitrogens with one attached hydrogen (secondary N) is 1. The monoisotopic (exact) mass is 441 g/mol. The average molecular weight is 442 g/mol. The maximum atomic E-state index is 13.1. The fraction of sp³-hybridized carbons (Fsp3) is 0.143. The third kappa shape index (κ3) is 4.10. The van der Waals surface area contributed by atoms with Gasteiger partial charge in [0.05, 0.1) is 35.5 Å². The molecule has 4 rings (SSSR count). The number of sulfonamides is 1. The van der Waals surface area contributed by atoms with Gasteiger partial charge in [-0.05, 0) is 43.7 Å². The van der Waals surface area contributed by atoms with Gasteiger partial charge in [-0.1, -0.05) is 41.9 Å². The van der Waals surface area contributed by atoms with Crippen molar-refractivity contribution in [3.05, 3.63) is 89.0 Å². The molecule has 0 atom stereocenters. The van der Waals surface area contributed by atoms with Gasteiger partial charge in [0.2, 0.25) is 0 Å². The number of benzene rings is 2. The Kier molecular flexibility index (Phi) is 5.36. The molecule has 30 heavy (non-hydrogen) atoms. The highest BCUT2D eigenvalue weighted by Crippen LogP contribution is 2.25. The van der Waals surface area contributed by atoms with Gasteiger partial charge in [-0.15, -0.1) is 0 Å². The summed E-state index contributed by atoms with van der Waals surface area (Å²) >= 11 is 5.91. The van der Waals surface area contributed by atoms with Crippen molar-refractivity contribution in [1.82, 2.24) is 19.6 Å². The van der Waals surface area contributed by atoms with Gasteiger partial charge in [0, 0.05) is 11.2 Å². The van der Waals surface area contributed by atoms with Crippen molar-refractivity contribution >= 4 is 27.3 Å². The van der Waals surface area contributed by atoms with E-state index in [0.717, 1.165) is 11.3 Å². The number of halogens is 1. The molecule has 0 aliphatic carbocycles. The first-order chi connectivity index (χ1) is 14.3. The highest BCUT2D eigenvalue weighted by atomic mass is 35.5. The molecule has 0 saturated heterocycles. The van der Waals surface area contributed by atoms with Crippen molar-refractivity contribution < 1.29 is 8.42 Å². The summed E-state index contributed by atoms with van der Waals surface area (Å²) in [6.45, 7) is 3.93. The molecule has 4 aromatic rings. The number of rotatable bonds is 6. The highest BCUT2D eigenvalue weighted by molar-refractivity contribution is 7.92. The molecule has 2 aromatic carbocycles. The summed E-state index contributed by atoms with van der Waals surface area (Å²) < 4.78 is 32.1. The van der Waals surface area contributed by atoms with Crippen LogP contribution in [0.15, 0.2) is 71.9 Å². The predicted molar refractivity (Wildman–Crippen MR) is 117 cm³/mol. The molecule has 0 spiro atoms.